The topological polar surface area (TPSA) is 29.3 Å². The molecule has 88 valence electrons. The van der Waals surface area contributed by atoms with Gasteiger partial charge in [-0.2, -0.15) is 0 Å². The van der Waals surface area contributed by atoms with Gasteiger partial charge in [-0.3, -0.25) is 0 Å². The number of benzene rings is 1. The lowest BCUT2D eigenvalue weighted by molar-refractivity contribution is 0.405. The molecule has 1 saturated heterocycles. The summed E-state index contributed by atoms with van der Waals surface area (Å²) in [5.74, 6) is 0.841. The van der Waals surface area contributed by atoms with E-state index in [0.29, 0.717) is 0 Å². The predicted octanol–water partition coefficient (Wildman–Crippen LogP) is 3.20. The SMILES string of the molecule is CCC1CCCN(c2cc(C)ccc2N)C1. The molecule has 16 heavy (non-hydrogen) atoms. The van der Waals surface area contributed by atoms with E-state index in [1.165, 1.54) is 37.1 Å². The zero-order chi connectivity index (χ0) is 11.5. The molecule has 2 nitrogen and oxygen atoms in total. The molecule has 2 heteroatoms. The summed E-state index contributed by atoms with van der Waals surface area (Å²) in [5.41, 5.74) is 9.51. The van der Waals surface area contributed by atoms with Crippen LogP contribution in [0.5, 0.6) is 0 Å². The van der Waals surface area contributed by atoms with Crippen LogP contribution in [-0.4, -0.2) is 13.1 Å². The van der Waals surface area contributed by atoms with Crippen LogP contribution in [0.1, 0.15) is 31.7 Å². The van der Waals surface area contributed by atoms with E-state index in [0.717, 1.165) is 18.2 Å². The molecule has 0 aliphatic carbocycles. The van der Waals surface area contributed by atoms with Crippen molar-refractivity contribution in [2.24, 2.45) is 5.92 Å². The lowest BCUT2D eigenvalue weighted by Crippen LogP contribution is -2.35. The quantitative estimate of drug-likeness (QED) is 0.772. The number of nitrogen functional groups attached to an aromatic ring is 1. The van der Waals surface area contributed by atoms with Crippen molar-refractivity contribution in [3.05, 3.63) is 23.8 Å². The van der Waals surface area contributed by atoms with Crippen LogP contribution in [0, 0.1) is 12.8 Å². The van der Waals surface area contributed by atoms with E-state index in [9.17, 15) is 0 Å². The van der Waals surface area contributed by atoms with E-state index in [1.807, 2.05) is 6.07 Å². The number of piperidine rings is 1. The molecule has 2 rings (SSSR count). The highest BCUT2D eigenvalue weighted by Crippen LogP contribution is 2.29. The summed E-state index contributed by atoms with van der Waals surface area (Å²) in [5, 5.41) is 0. The highest BCUT2D eigenvalue weighted by Gasteiger charge is 2.19. The minimum absolute atomic E-state index is 0.841. The van der Waals surface area contributed by atoms with Gasteiger partial charge in [0.1, 0.15) is 0 Å². The third-order valence-electron chi connectivity index (χ3n) is 3.62. The zero-order valence-electron chi connectivity index (χ0n) is 10.4. The Hall–Kier alpha value is -1.18. The number of aryl methyl sites for hydroxylation is 1. The van der Waals surface area contributed by atoms with Crippen molar-refractivity contribution in [3.63, 3.8) is 0 Å². The Labute approximate surface area is 98.4 Å². The lowest BCUT2D eigenvalue weighted by atomic mass is 9.95. The molecule has 1 aromatic carbocycles. The number of nitrogens with two attached hydrogens (primary N) is 1. The fraction of sp³-hybridized carbons (Fsp3) is 0.571. The smallest absolute Gasteiger partial charge is 0.0602 e. The fourth-order valence-electron chi connectivity index (χ4n) is 2.54. The average Bonchev–Trinajstić information content (AvgIpc) is 2.32. The first-order chi connectivity index (χ1) is 7.70. The van der Waals surface area contributed by atoms with Crippen LogP contribution in [0.4, 0.5) is 11.4 Å². The number of rotatable bonds is 2. The minimum atomic E-state index is 0.841. The largest absolute Gasteiger partial charge is 0.397 e. The van der Waals surface area contributed by atoms with Crippen molar-refractivity contribution in [2.75, 3.05) is 23.7 Å². The van der Waals surface area contributed by atoms with E-state index >= 15 is 0 Å². The normalized spacial score (nSPS) is 21.1. The first-order valence-corrected chi connectivity index (χ1v) is 6.31. The second-order valence-electron chi connectivity index (χ2n) is 4.92. The van der Waals surface area contributed by atoms with E-state index in [1.54, 1.807) is 0 Å². The summed E-state index contributed by atoms with van der Waals surface area (Å²) in [4.78, 5) is 2.46. The molecule has 1 fully saturated rings. The maximum Gasteiger partial charge on any atom is 0.0602 e. The molecule has 0 amide bonds. The van der Waals surface area contributed by atoms with Gasteiger partial charge in [-0.25, -0.2) is 0 Å². The van der Waals surface area contributed by atoms with Crippen LogP contribution < -0.4 is 10.6 Å². The number of hydrogen-bond donors (Lipinski definition) is 1. The molecule has 0 saturated carbocycles. The van der Waals surface area contributed by atoms with Crippen LogP contribution in [0.15, 0.2) is 18.2 Å². The van der Waals surface area contributed by atoms with Crippen LogP contribution >= 0.6 is 0 Å². The molecule has 1 aliphatic rings. The summed E-state index contributed by atoms with van der Waals surface area (Å²) in [6, 6.07) is 6.33. The molecule has 1 aromatic rings. The maximum absolute atomic E-state index is 6.07. The third kappa shape index (κ3) is 2.31. The Morgan fingerprint density at radius 1 is 1.44 bits per heavy atom. The van der Waals surface area contributed by atoms with Gasteiger partial charge < -0.3 is 10.6 Å². The van der Waals surface area contributed by atoms with Crippen LogP contribution in [0.2, 0.25) is 0 Å². The molecule has 1 unspecified atom stereocenters. The number of hydrogen-bond acceptors (Lipinski definition) is 2. The van der Waals surface area contributed by atoms with E-state index < -0.39 is 0 Å². The van der Waals surface area contributed by atoms with Crippen molar-refractivity contribution in [1.82, 2.24) is 0 Å². The summed E-state index contributed by atoms with van der Waals surface area (Å²) < 4.78 is 0. The first kappa shape index (κ1) is 11.3. The predicted molar refractivity (Wildman–Crippen MR) is 70.8 cm³/mol. The van der Waals surface area contributed by atoms with Gasteiger partial charge in [0.2, 0.25) is 0 Å². The Morgan fingerprint density at radius 3 is 3.00 bits per heavy atom. The summed E-state index contributed by atoms with van der Waals surface area (Å²) in [6.07, 6.45) is 3.95. The molecule has 1 heterocycles. The van der Waals surface area contributed by atoms with E-state index in [4.69, 9.17) is 5.73 Å². The summed E-state index contributed by atoms with van der Waals surface area (Å²) in [7, 11) is 0. The van der Waals surface area contributed by atoms with Crippen molar-refractivity contribution < 1.29 is 0 Å². The van der Waals surface area contributed by atoms with Crippen LogP contribution in [-0.2, 0) is 0 Å². The highest BCUT2D eigenvalue weighted by molar-refractivity contribution is 5.68. The lowest BCUT2D eigenvalue weighted by Gasteiger charge is -2.34. The molecule has 0 aromatic heterocycles. The van der Waals surface area contributed by atoms with Gasteiger partial charge in [0.15, 0.2) is 0 Å². The van der Waals surface area contributed by atoms with Crippen molar-refractivity contribution in [2.45, 2.75) is 33.1 Å². The van der Waals surface area contributed by atoms with Crippen LogP contribution in [0.25, 0.3) is 0 Å². The minimum Gasteiger partial charge on any atom is -0.397 e. The van der Waals surface area contributed by atoms with Crippen molar-refractivity contribution >= 4 is 11.4 Å². The molecule has 0 spiro atoms. The standard InChI is InChI=1S/C14H22N2/c1-3-12-5-4-8-16(10-12)14-9-11(2)6-7-13(14)15/h6-7,9,12H,3-5,8,10,15H2,1-2H3. The average molecular weight is 218 g/mol. The first-order valence-electron chi connectivity index (χ1n) is 6.31. The Kier molecular flexibility index (Phi) is 3.37. The third-order valence-corrected chi connectivity index (χ3v) is 3.62. The Morgan fingerprint density at radius 2 is 2.25 bits per heavy atom. The van der Waals surface area contributed by atoms with Gasteiger partial charge in [-0.1, -0.05) is 19.4 Å². The van der Waals surface area contributed by atoms with Gasteiger partial charge in [0, 0.05) is 13.1 Å². The Balaban J connectivity index is 2.19. The molecule has 1 atom stereocenters. The van der Waals surface area contributed by atoms with Gasteiger partial charge in [-0.15, -0.1) is 0 Å². The fourth-order valence-corrected chi connectivity index (χ4v) is 2.54. The molecular weight excluding hydrogens is 196 g/mol. The zero-order valence-corrected chi connectivity index (χ0v) is 10.4. The van der Waals surface area contributed by atoms with E-state index in [2.05, 4.69) is 30.9 Å². The second-order valence-corrected chi connectivity index (χ2v) is 4.92. The highest BCUT2D eigenvalue weighted by atomic mass is 15.1. The summed E-state index contributed by atoms with van der Waals surface area (Å²) >= 11 is 0. The van der Waals surface area contributed by atoms with Gasteiger partial charge in [0.25, 0.3) is 0 Å². The van der Waals surface area contributed by atoms with Gasteiger partial charge in [0.05, 0.1) is 11.4 Å². The number of nitrogens with zero attached hydrogens (tertiary/aromatic N) is 1. The number of anilines is 2. The second kappa shape index (κ2) is 4.77. The molecule has 0 radical (unpaired) electrons. The van der Waals surface area contributed by atoms with Gasteiger partial charge in [-0.05, 0) is 43.4 Å². The molecule has 1 aliphatic heterocycles. The van der Waals surface area contributed by atoms with Crippen molar-refractivity contribution in [1.29, 1.82) is 0 Å². The molecule has 2 N–H and O–H groups in total. The molecule has 0 bridgehead atoms. The van der Waals surface area contributed by atoms with Crippen LogP contribution in [0.3, 0.4) is 0 Å². The molecular formula is C14H22N2. The Bertz CT molecular complexity index is 360. The summed E-state index contributed by atoms with van der Waals surface area (Å²) in [6.45, 7) is 6.74. The van der Waals surface area contributed by atoms with Gasteiger partial charge >= 0.3 is 0 Å². The maximum atomic E-state index is 6.07. The van der Waals surface area contributed by atoms with E-state index in [-0.39, 0.29) is 0 Å². The van der Waals surface area contributed by atoms with Crippen molar-refractivity contribution in [3.8, 4) is 0 Å². The monoisotopic (exact) mass is 218 g/mol.